The van der Waals surface area contributed by atoms with E-state index in [1.165, 1.54) is 17.4 Å². The van der Waals surface area contributed by atoms with Crippen molar-refractivity contribution in [3.63, 3.8) is 0 Å². The lowest BCUT2D eigenvalue weighted by atomic mass is 10.1. The van der Waals surface area contributed by atoms with Gasteiger partial charge in [-0.3, -0.25) is 0 Å². The van der Waals surface area contributed by atoms with Crippen LogP contribution < -0.4 is 5.73 Å². The Bertz CT molecular complexity index is 760. The molecule has 0 spiro atoms. The second-order valence-electron chi connectivity index (χ2n) is 4.87. The van der Waals surface area contributed by atoms with Gasteiger partial charge in [0.15, 0.2) is 0 Å². The van der Waals surface area contributed by atoms with Crippen molar-refractivity contribution < 1.29 is 12.8 Å². The van der Waals surface area contributed by atoms with Gasteiger partial charge < -0.3 is 5.73 Å². The van der Waals surface area contributed by atoms with E-state index < -0.39 is 15.8 Å². The number of anilines is 1. The third kappa shape index (κ3) is 3.22. The van der Waals surface area contributed by atoms with Crippen molar-refractivity contribution in [2.45, 2.75) is 18.4 Å². The van der Waals surface area contributed by atoms with E-state index in [2.05, 4.69) is 0 Å². The maximum atomic E-state index is 13.2. The van der Waals surface area contributed by atoms with E-state index >= 15 is 0 Å². The molecular formula is C15H17FN2O2S. The number of aryl methyl sites for hydroxylation is 1. The summed E-state index contributed by atoms with van der Waals surface area (Å²) in [6, 6.07) is 11.0. The van der Waals surface area contributed by atoms with Gasteiger partial charge in [0.05, 0.1) is 10.6 Å². The van der Waals surface area contributed by atoms with Gasteiger partial charge in [0.1, 0.15) is 5.82 Å². The minimum Gasteiger partial charge on any atom is -0.396 e. The van der Waals surface area contributed by atoms with Crippen LogP contribution in [0.1, 0.15) is 11.1 Å². The molecule has 2 aromatic carbocycles. The van der Waals surface area contributed by atoms with Gasteiger partial charge in [-0.1, -0.05) is 24.3 Å². The highest BCUT2D eigenvalue weighted by molar-refractivity contribution is 7.89. The van der Waals surface area contributed by atoms with Gasteiger partial charge in [-0.15, -0.1) is 0 Å². The van der Waals surface area contributed by atoms with Crippen molar-refractivity contribution in [2.24, 2.45) is 0 Å². The van der Waals surface area contributed by atoms with Gasteiger partial charge in [0, 0.05) is 13.6 Å². The van der Waals surface area contributed by atoms with Crippen LogP contribution in [0.25, 0.3) is 0 Å². The minimum atomic E-state index is -3.71. The van der Waals surface area contributed by atoms with E-state index in [9.17, 15) is 12.8 Å². The highest BCUT2D eigenvalue weighted by Gasteiger charge is 2.22. The summed E-state index contributed by atoms with van der Waals surface area (Å²) in [4.78, 5) is -0.0162. The average Bonchev–Trinajstić information content (AvgIpc) is 2.44. The van der Waals surface area contributed by atoms with E-state index in [0.29, 0.717) is 0 Å². The van der Waals surface area contributed by atoms with Crippen LogP contribution in [0.2, 0.25) is 0 Å². The zero-order chi connectivity index (χ0) is 15.6. The first-order chi connectivity index (χ1) is 9.82. The topological polar surface area (TPSA) is 63.4 Å². The van der Waals surface area contributed by atoms with Crippen molar-refractivity contribution in [2.75, 3.05) is 12.8 Å². The van der Waals surface area contributed by atoms with Gasteiger partial charge in [0.2, 0.25) is 10.0 Å². The van der Waals surface area contributed by atoms with Crippen LogP contribution in [0.4, 0.5) is 10.1 Å². The summed E-state index contributed by atoms with van der Waals surface area (Å²) >= 11 is 0. The molecule has 0 saturated heterocycles. The summed E-state index contributed by atoms with van der Waals surface area (Å²) in [5.74, 6) is -0.629. The molecule has 0 fully saturated rings. The standard InChI is InChI=1S/C15H17FN2O2S/c1-11-5-3-4-6-12(11)10-18(2)21(19,20)13-7-8-14(16)15(17)9-13/h3-9H,10,17H2,1-2H3. The summed E-state index contributed by atoms with van der Waals surface area (Å²) in [5, 5.41) is 0. The van der Waals surface area contributed by atoms with Crippen molar-refractivity contribution in [1.82, 2.24) is 4.31 Å². The largest absolute Gasteiger partial charge is 0.396 e. The minimum absolute atomic E-state index is 0.0162. The van der Waals surface area contributed by atoms with Gasteiger partial charge in [-0.05, 0) is 36.2 Å². The molecule has 6 heteroatoms. The summed E-state index contributed by atoms with van der Waals surface area (Å²) in [7, 11) is -2.22. The van der Waals surface area contributed by atoms with Crippen LogP contribution in [-0.2, 0) is 16.6 Å². The second kappa shape index (κ2) is 5.83. The Kier molecular flexibility index (Phi) is 4.29. The number of nitrogens with two attached hydrogens (primary N) is 1. The van der Waals surface area contributed by atoms with Crippen LogP contribution in [0.15, 0.2) is 47.4 Å². The lowest BCUT2D eigenvalue weighted by Crippen LogP contribution is -2.27. The Morgan fingerprint density at radius 1 is 1.19 bits per heavy atom. The number of sulfonamides is 1. The molecular weight excluding hydrogens is 291 g/mol. The highest BCUT2D eigenvalue weighted by atomic mass is 32.2. The number of hydrogen-bond acceptors (Lipinski definition) is 3. The summed E-state index contributed by atoms with van der Waals surface area (Å²) in [6.45, 7) is 2.16. The van der Waals surface area contributed by atoms with E-state index in [-0.39, 0.29) is 17.1 Å². The molecule has 0 radical (unpaired) electrons. The number of rotatable bonds is 4. The molecule has 0 heterocycles. The maximum absolute atomic E-state index is 13.2. The van der Waals surface area contributed by atoms with Gasteiger partial charge >= 0.3 is 0 Å². The number of nitrogens with zero attached hydrogens (tertiary/aromatic N) is 1. The summed E-state index contributed by atoms with van der Waals surface area (Å²) in [5.41, 5.74) is 7.18. The predicted octanol–water partition coefficient (Wildman–Crippen LogP) is 2.54. The van der Waals surface area contributed by atoms with E-state index in [0.717, 1.165) is 23.3 Å². The van der Waals surface area contributed by atoms with Crippen LogP contribution in [-0.4, -0.2) is 19.8 Å². The summed E-state index contributed by atoms with van der Waals surface area (Å²) in [6.07, 6.45) is 0. The first kappa shape index (κ1) is 15.5. The zero-order valence-corrected chi connectivity index (χ0v) is 12.7. The molecule has 0 unspecified atom stereocenters. The van der Waals surface area contributed by atoms with Crippen LogP contribution in [0.3, 0.4) is 0 Å². The molecule has 2 rings (SSSR count). The van der Waals surface area contributed by atoms with Gasteiger partial charge in [-0.2, -0.15) is 4.31 Å². The van der Waals surface area contributed by atoms with Crippen LogP contribution in [0.5, 0.6) is 0 Å². The first-order valence-corrected chi connectivity index (χ1v) is 7.82. The molecule has 0 amide bonds. The van der Waals surface area contributed by atoms with E-state index in [4.69, 9.17) is 5.73 Å². The number of benzene rings is 2. The van der Waals surface area contributed by atoms with E-state index in [1.54, 1.807) is 0 Å². The zero-order valence-electron chi connectivity index (χ0n) is 11.9. The fourth-order valence-corrected chi connectivity index (χ4v) is 3.16. The molecule has 0 aromatic heterocycles. The molecule has 0 bridgehead atoms. The monoisotopic (exact) mass is 308 g/mol. The van der Waals surface area contributed by atoms with Crippen molar-refractivity contribution in [3.05, 3.63) is 59.4 Å². The smallest absolute Gasteiger partial charge is 0.243 e. The molecule has 0 aliphatic heterocycles. The Balaban J connectivity index is 2.30. The molecule has 2 aromatic rings. The SMILES string of the molecule is Cc1ccccc1CN(C)S(=O)(=O)c1ccc(F)c(N)c1. The molecule has 21 heavy (non-hydrogen) atoms. The Morgan fingerprint density at radius 3 is 2.48 bits per heavy atom. The molecule has 2 N–H and O–H groups in total. The Morgan fingerprint density at radius 2 is 1.86 bits per heavy atom. The van der Waals surface area contributed by atoms with Crippen molar-refractivity contribution in [1.29, 1.82) is 0 Å². The fraction of sp³-hybridized carbons (Fsp3) is 0.200. The second-order valence-corrected chi connectivity index (χ2v) is 6.92. The van der Waals surface area contributed by atoms with Crippen molar-refractivity contribution in [3.8, 4) is 0 Å². The quantitative estimate of drug-likeness (QED) is 0.883. The third-order valence-electron chi connectivity index (χ3n) is 3.33. The van der Waals surface area contributed by atoms with Crippen LogP contribution in [0, 0.1) is 12.7 Å². The first-order valence-electron chi connectivity index (χ1n) is 6.38. The Labute approximate surface area is 124 Å². The number of halogens is 1. The molecule has 0 aliphatic rings. The molecule has 112 valence electrons. The lowest BCUT2D eigenvalue weighted by molar-refractivity contribution is 0.466. The number of hydrogen-bond donors (Lipinski definition) is 1. The van der Waals surface area contributed by atoms with Crippen molar-refractivity contribution >= 4 is 15.7 Å². The molecule has 0 saturated carbocycles. The average molecular weight is 308 g/mol. The van der Waals surface area contributed by atoms with Crippen LogP contribution >= 0.6 is 0 Å². The third-order valence-corrected chi connectivity index (χ3v) is 5.13. The summed E-state index contributed by atoms with van der Waals surface area (Å²) < 4.78 is 39.3. The van der Waals surface area contributed by atoms with Gasteiger partial charge in [-0.25, -0.2) is 12.8 Å². The fourth-order valence-electron chi connectivity index (χ4n) is 1.97. The highest BCUT2D eigenvalue weighted by Crippen LogP contribution is 2.21. The lowest BCUT2D eigenvalue weighted by Gasteiger charge is -2.18. The molecule has 0 atom stereocenters. The predicted molar refractivity (Wildman–Crippen MR) is 80.6 cm³/mol. The normalized spacial score (nSPS) is 11.8. The van der Waals surface area contributed by atoms with E-state index in [1.807, 2.05) is 31.2 Å². The molecule has 4 nitrogen and oxygen atoms in total. The Hall–Kier alpha value is -1.92. The van der Waals surface area contributed by atoms with Gasteiger partial charge in [0.25, 0.3) is 0 Å². The molecule has 0 aliphatic carbocycles. The maximum Gasteiger partial charge on any atom is 0.243 e. The number of nitrogen functional groups attached to an aromatic ring is 1.